The molecule has 20 heavy (non-hydrogen) atoms. The van der Waals surface area contributed by atoms with Crippen molar-refractivity contribution in [3.8, 4) is 0 Å². The molecule has 1 aliphatic rings. The van der Waals surface area contributed by atoms with E-state index >= 15 is 0 Å². The third-order valence-corrected chi connectivity index (χ3v) is 5.13. The minimum absolute atomic E-state index is 0.476. The summed E-state index contributed by atoms with van der Waals surface area (Å²) in [7, 11) is 0. The van der Waals surface area contributed by atoms with Crippen molar-refractivity contribution in [3.05, 3.63) is 0 Å². The van der Waals surface area contributed by atoms with Gasteiger partial charge in [-0.3, -0.25) is 0 Å². The van der Waals surface area contributed by atoms with Crippen molar-refractivity contribution >= 4 is 0 Å². The van der Waals surface area contributed by atoms with E-state index in [9.17, 15) is 0 Å². The summed E-state index contributed by atoms with van der Waals surface area (Å²) in [4.78, 5) is 0. The molecule has 0 saturated heterocycles. The van der Waals surface area contributed by atoms with E-state index in [2.05, 4.69) is 53.8 Å². The van der Waals surface area contributed by atoms with Gasteiger partial charge < -0.3 is 5.32 Å². The average Bonchev–Trinajstić information content (AvgIpc) is 2.32. The maximum absolute atomic E-state index is 3.83. The third-order valence-electron chi connectivity index (χ3n) is 5.13. The third kappa shape index (κ3) is 6.16. The molecule has 0 radical (unpaired) electrons. The Morgan fingerprint density at radius 2 is 1.65 bits per heavy atom. The van der Waals surface area contributed by atoms with Crippen LogP contribution in [0.3, 0.4) is 0 Å². The van der Waals surface area contributed by atoms with E-state index in [4.69, 9.17) is 0 Å². The van der Waals surface area contributed by atoms with Crippen LogP contribution < -0.4 is 5.32 Å². The van der Waals surface area contributed by atoms with Crippen molar-refractivity contribution in [1.82, 2.24) is 5.32 Å². The smallest absolute Gasteiger partial charge is 0.00955 e. The molecule has 3 atom stereocenters. The zero-order valence-corrected chi connectivity index (χ0v) is 15.2. The van der Waals surface area contributed by atoms with Crippen LogP contribution in [0.1, 0.15) is 87.0 Å². The van der Waals surface area contributed by atoms with Crippen molar-refractivity contribution in [2.75, 3.05) is 6.54 Å². The zero-order chi connectivity index (χ0) is 15.4. The fourth-order valence-electron chi connectivity index (χ4n) is 3.59. The first-order valence-corrected chi connectivity index (χ1v) is 8.87. The quantitative estimate of drug-likeness (QED) is 0.687. The normalized spacial score (nSPS) is 28.6. The highest BCUT2D eigenvalue weighted by Crippen LogP contribution is 2.42. The van der Waals surface area contributed by atoms with E-state index in [0.717, 1.165) is 17.9 Å². The van der Waals surface area contributed by atoms with Crippen LogP contribution in [0.25, 0.3) is 0 Å². The van der Waals surface area contributed by atoms with Gasteiger partial charge in [-0.1, -0.05) is 48.5 Å². The minimum Gasteiger partial charge on any atom is -0.314 e. The second kappa shape index (κ2) is 7.29. The molecular formula is C19H39N. The Kier molecular flexibility index (Phi) is 6.57. The van der Waals surface area contributed by atoms with Gasteiger partial charge >= 0.3 is 0 Å². The SMILES string of the molecule is CCCNC1CCC(C(C)(C)C)CC1CCC(C)(C)C. The van der Waals surface area contributed by atoms with Gasteiger partial charge in [0, 0.05) is 6.04 Å². The summed E-state index contributed by atoms with van der Waals surface area (Å²) in [6.45, 7) is 17.9. The maximum atomic E-state index is 3.83. The van der Waals surface area contributed by atoms with Crippen LogP contribution in [0, 0.1) is 22.7 Å². The molecule has 1 saturated carbocycles. The number of rotatable bonds is 5. The van der Waals surface area contributed by atoms with Crippen LogP contribution in [0.4, 0.5) is 0 Å². The fourth-order valence-corrected chi connectivity index (χ4v) is 3.59. The molecule has 1 fully saturated rings. The van der Waals surface area contributed by atoms with Crippen molar-refractivity contribution in [3.63, 3.8) is 0 Å². The molecule has 120 valence electrons. The molecule has 1 N–H and O–H groups in total. The van der Waals surface area contributed by atoms with Crippen LogP contribution in [0.5, 0.6) is 0 Å². The van der Waals surface area contributed by atoms with Crippen LogP contribution >= 0.6 is 0 Å². The molecule has 0 aliphatic heterocycles. The maximum Gasteiger partial charge on any atom is 0.00955 e. The molecule has 0 bridgehead atoms. The van der Waals surface area contributed by atoms with Gasteiger partial charge in [0.15, 0.2) is 0 Å². The highest BCUT2D eigenvalue weighted by molar-refractivity contribution is 4.89. The number of hydrogen-bond donors (Lipinski definition) is 1. The molecule has 0 amide bonds. The van der Waals surface area contributed by atoms with Gasteiger partial charge in [0.1, 0.15) is 0 Å². The first-order valence-electron chi connectivity index (χ1n) is 8.87. The molecule has 0 aromatic carbocycles. The van der Waals surface area contributed by atoms with Gasteiger partial charge in [0.2, 0.25) is 0 Å². The topological polar surface area (TPSA) is 12.0 Å². The van der Waals surface area contributed by atoms with E-state index < -0.39 is 0 Å². The van der Waals surface area contributed by atoms with Crippen LogP contribution in [-0.2, 0) is 0 Å². The molecular weight excluding hydrogens is 242 g/mol. The Hall–Kier alpha value is -0.0400. The van der Waals surface area contributed by atoms with E-state index in [0.29, 0.717) is 10.8 Å². The van der Waals surface area contributed by atoms with E-state index in [-0.39, 0.29) is 0 Å². The van der Waals surface area contributed by atoms with Gasteiger partial charge in [-0.2, -0.15) is 0 Å². The Morgan fingerprint density at radius 1 is 1.00 bits per heavy atom. The van der Waals surface area contributed by atoms with Gasteiger partial charge in [-0.05, 0) is 67.7 Å². The fraction of sp³-hybridized carbons (Fsp3) is 1.00. The lowest BCUT2D eigenvalue weighted by Gasteiger charge is -2.43. The van der Waals surface area contributed by atoms with E-state index in [1.165, 1.54) is 45.1 Å². The summed E-state index contributed by atoms with van der Waals surface area (Å²) < 4.78 is 0. The van der Waals surface area contributed by atoms with Gasteiger partial charge in [-0.15, -0.1) is 0 Å². The molecule has 1 aliphatic carbocycles. The van der Waals surface area contributed by atoms with E-state index in [1.54, 1.807) is 0 Å². The van der Waals surface area contributed by atoms with Gasteiger partial charge in [-0.25, -0.2) is 0 Å². The second-order valence-electron chi connectivity index (χ2n) is 9.30. The Bertz CT molecular complexity index is 268. The molecule has 0 spiro atoms. The van der Waals surface area contributed by atoms with Gasteiger partial charge in [0.25, 0.3) is 0 Å². The summed E-state index contributed by atoms with van der Waals surface area (Å²) >= 11 is 0. The van der Waals surface area contributed by atoms with E-state index in [1.807, 2.05) is 0 Å². The monoisotopic (exact) mass is 281 g/mol. The molecule has 0 aromatic rings. The first kappa shape index (κ1) is 18.0. The zero-order valence-electron chi connectivity index (χ0n) is 15.2. The Labute approximate surface area is 128 Å². The van der Waals surface area contributed by atoms with Crippen LogP contribution in [0.2, 0.25) is 0 Å². The summed E-state index contributed by atoms with van der Waals surface area (Å²) in [5.74, 6) is 1.80. The lowest BCUT2D eigenvalue weighted by atomic mass is 9.66. The minimum atomic E-state index is 0.476. The van der Waals surface area contributed by atoms with Crippen LogP contribution in [-0.4, -0.2) is 12.6 Å². The standard InChI is InChI=1S/C19H39N/c1-8-13-20-17-10-9-16(19(5,6)7)14-15(17)11-12-18(2,3)4/h15-17,20H,8-14H2,1-7H3. The largest absolute Gasteiger partial charge is 0.314 e. The average molecular weight is 282 g/mol. The highest BCUT2D eigenvalue weighted by Gasteiger charge is 2.35. The predicted molar refractivity (Wildman–Crippen MR) is 91.1 cm³/mol. The van der Waals surface area contributed by atoms with Crippen LogP contribution in [0.15, 0.2) is 0 Å². The molecule has 1 heteroatoms. The molecule has 0 heterocycles. The summed E-state index contributed by atoms with van der Waals surface area (Å²) in [5, 5.41) is 3.83. The van der Waals surface area contributed by atoms with Gasteiger partial charge in [0.05, 0.1) is 0 Å². The van der Waals surface area contributed by atoms with Crippen molar-refractivity contribution < 1.29 is 0 Å². The summed E-state index contributed by atoms with van der Waals surface area (Å²) in [5.41, 5.74) is 0.958. The summed E-state index contributed by atoms with van der Waals surface area (Å²) in [6.07, 6.45) is 8.25. The Morgan fingerprint density at radius 3 is 2.15 bits per heavy atom. The molecule has 1 rings (SSSR count). The number of hydrogen-bond acceptors (Lipinski definition) is 1. The van der Waals surface area contributed by atoms with Crippen molar-refractivity contribution in [1.29, 1.82) is 0 Å². The number of nitrogens with one attached hydrogen (secondary N) is 1. The van der Waals surface area contributed by atoms with Crippen molar-refractivity contribution in [2.45, 2.75) is 93.0 Å². The Balaban J connectivity index is 2.62. The van der Waals surface area contributed by atoms with Crippen molar-refractivity contribution in [2.24, 2.45) is 22.7 Å². The first-order chi connectivity index (χ1) is 9.13. The highest BCUT2D eigenvalue weighted by atomic mass is 14.9. The predicted octanol–water partition coefficient (Wildman–Crippen LogP) is 5.64. The summed E-state index contributed by atoms with van der Waals surface area (Å²) in [6, 6.07) is 0.774. The molecule has 3 unspecified atom stereocenters. The lowest BCUT2D eigenvalue weighted by Crippen LogP contribution is -2.43. The molecule has 1 nitrogen and oxygen atoms in total. The lowest BCUT2D eigenvalue weighted by molar-refractivity contribution is 0.102. The molecule has 0 aromatic heterocycles. The second-order valence-corrected chi connectivity index (χ2v) is 9.30.